The van der Waals surface area contributed by atoms with Crippen molar-refractivity contribution in [3.63, 3.8) is 0 Å². The van der Waals surface area contributed by atoms with Crippen LogP contribution in [0.5, 0.6) is 0 Å². The summed E-state index contributed by atoms with van der Waals surface area (Å²) in [5, 5.41) is 14.4. The molecule has 0 saturated heterocycles. The first-order valence-corrected chi connectivity index (χ1v) is 14.3. The molecule has 0 radical (unpaired) electrons. The molecular formula is C29H26Cl2FN9O3. The quantitative estimate of drug-likeness (QED) is 0.228. The maximum atomic E-state index is 15.1. The molecular weight excluding hydrogens is 612 g/mol. The van der Waals surface area contributed by atoms with Crippen LogP contribution in [0.15, 0.2) is 53.6 Å². The standard InChI is InChI=1S/C29H26Cl2FN9O3/c1-14-9-17-10-15(19-12-16(30)5-7-20(19)40-13-33-38-39-40)11-22(42)41(17)24(14)27-36-23(25(31)37-27)18-6-8-21(34-26(18)32)35-28(43)44-29(2,3)4/h5-8,10-14,24H,9H2,1-4H3,(H,36,37)(H,34,35,43)/t14-,24-/m0/s1. The molecule has 1 aromatic carbocycles. The number of anilines is 1. The Hall–Kier alpha value is -4.62. The van der Waals surface area contributed by atoms with Crippen LogP contribution in [-0.2, 0) is 11.2 Å². The molecule has 0 bridgehead atoms. The van der Waals surface area contributed by atoms with Crippen molar-refractivity contribution in [3.8, 4) is 28.1 Å². The van der Waals surface area contributed by atoms with Crippen LogP contribution in [0.25, 0.3) is 28.1 Å². The first-order valence-electron chi connectivity index (χ1n) is 13.6. The van der Waals surface area contributed by atoms with Crippen LogP contribution >= 0.6 is 23.2 Å². The Kier molecular flexibility index (Phi) is 7.46. The summed E-state index contributed by atoms with van der Waals surface area (Å²) in [6.45, 7) is 7.14. The number of H-pyrrole nitrogens is 1. The number of fused-ring (bicyclic) bond motifs is 1. The molecule has 226 valence electrons. The van der Waals surface area contributed by atoms with E-state index in [0.29, 0.717) is 34.1 Å². The summed E-state index contributed by atoms with van der Waals surface area (Å²) in [4.78, 5) is 37.2. The van der Waals surface area contributed by atoms with E-state index in [2.05, 4.69) is 35.8 Å². The minimum absolute atomic E-state index is 0.0249. The number of hydrogen-bond acceptors (Lipinski definition) is 8. The lowest BCUT2D eigenvalue weighted by Gasteiger charge is -2.19. The molecule has 44 heavy (non-hydrogen) atoms. The molecule has 2 atom stereocenters. The zero-order valence-electron chi connectivity index (χ0n) is 24.0. The van der Waals surface area contributed by atoms with Gasteiger partial charge in [-0.15, -0.1) is 5.10 Å². The fraction of sp³-hybridized carbons (Fsp3) is 0.276. The third-order valence-corrected chi connectivity index (χ3v) is 7.56. The molecule has 6 rings (SSSR count). The molecule has 5 heterocycles. The monoisotopic (exact) mass is 637 g/mol. The van der Waals surface area contributed by atoms with E-state index in [1.54, 1.807) is 43.5 Å². The van der Waals surface area contributed by atoms with Crippen molar-refractivity contribution in [1.82, 2.24) is 39.7 Å². The van der Waals surface area contributed by atoms with Gasteiger partial charge in [-0.1, -0.05) is 30.1 Å². The van der Waals surface area contributed by atoms with Gasteiger partial charge in [0.25, 0.3) is 5.56 Å². The number of halogens is 3. The number of ether oxygens (including phenoxy) is 1. The lowest BCUT2D eigenvalue weighted by atomic mass is 10.0. The predicted molar refractivity (Wildman–Crippen MR) is 162 cm³/mol. The van der Waals surface area contributed by atoms with Gasteiger partial charge >= 0.3 is 6.09 Å². The number of tetrazole rings is 1. The summed E-state index contributed by atoms with van der Waals surface area (Å²) < 4.78 is 23.5. The van der Waals surface area contributed by atoms with E-state index in [1.165, 1.54) is 29.2 Å². The summed E-state index contributed by atoms with van der Waals surface area (Å²) in [6.07, 6.45) is 1.28. The van der Waals surface area contributed by atoms with E-state index in [-0.39, 0.29) is 33.7 Å². The predicted octanol–water partition coefficient (Wildman–Crippen LogP) is 5.85. The van der Waals surface area contributed by atoms with Crippen LogP contribution in [-0.4, -0.2) is 51.4 Å². The first kappa shape index (κ1) is 29.5. The molecule has 15 heteroatoms. The summed E-state index contributed by atoms with van der Waals surface area (Å²) >= 11 is 12.8. The number of hydrogen-bond donors (Lipinski definition) is 2. The normalized spacial score (nSPS) is 16.2. The number of aromatic nitrogens is 8. The van der Waals surface area contributed by atoms with E-state index < -0.39 is 23.7 Å². The van der Waals surface area contributed by atoms with Crippen LogP contribution in [0.4, 0.5) is 15.0 Å². The van der Waals surface area contributed by atoms with Crippen molar-refractivity contribution in [3.05, 3.63) is 86.8 Å². The molecule has 0 spiro atoms. The van der Waals surface area contributed by atoms with Gasteiger partial charge < -0.3 is 14.3 Å². The summed E-state index contributed by atoms with van der Waals surface area (Å²) in [6, 6.07) is 11.1. The molecule has 0 fully saturated rings. The molecule has 0 saturated carbocycles. The number of benzene rings is 1. The van der Waals surface area contributed by atoms with Crippen molar-refractivity contribution < 1.29 is 13.9 Å². The highest BCUT2D eigenvalue weighted by Crippen LogP contribution is 2.39. The maximum Gasteiger partial charge on any atom is 0.413 e. The lowest BCUT2D eigenvalue weighted by molar-refractivity contribution is 0.0635. The Morgan fingerprint density at radius 1 is 1.11 bits per heavy atom. The molecule has 1 aliphatic heterocycles. The summed E-state index contributed by atoms with van der Waals surface area (Å²) in [7, 11) is 0. The van der Waals surface area contributed by atoms with Gasteiger partial charge in [0.2, 0.25) is 5.95 Å². The molecule has 5 aromatic rings. The van der Waals surface area contributed by atoms with E-state index in [1.807, 2.05) is 13.0 Å². The van der Waals surface area contributed by atoms with Crippen molar-refractivity contribution in [2.24, 2.45) is 5.92 Å². The molecule has 4 aromatic heterocycles. The van der Waals surface area contributed by atoms with Gasteiger partial charge in [0.1, 0.15) is 34.4 Å². The summed E-state index contributed by atoms with van der Waals surface area (Å²) in [5.41, 5.74) is 1.97. The third-order valence-electron chi connectivity index (χ3n) is 7.05. The van der Waals surface area contributed by atoms with Gasteiger partial charge in [0, 0.05) is 22.3 Å². The zero-order chi connectivity index (χ0) is 31.3. The average Bonchev–Trinajstić information content (AvgIpc) is 3.66. The molecule has 1 aliphatic rings. The van der Waals surface area contributed by atoms with Crippen molar-refractivity contribution in [1.29, 1.82) is 0 Å². The Morgan fingerprint density at radius 2 is 1.91 bits per heavy atom. The van der Waals surface area contributed by atoms with Gasteiger partial charge in [-0.25, -0.2) is 14.8 Å². The fourth-order valence-electron chi connectivity index (χ4n) is 5.34. The molecule has 12 nitrogen and oxygen atoms in total. The molecule has 0 aliphatic carbocycles. The van der Waals surface area contributed by atoms with Gasteiger partial charge in [0.05, 0.1) is 17.3 Å². The number of carbonyl (C=O) groups excluding carboxylic acids is 1. The molecule has 0 unspecified atom stereocenters. The lowest BCUT2D eigenvalue weighted by Crippen LogP contribution is -2.27. The first-order chi connectivity index (χ1) is 20.9. The van der Waals surface area contributed by atoms with Crippen LogP contribution < -0.4 is 10.9 Å². The molecule has 1 amide bonds. The second kappa shape index (κ2) is 11.1. The zero-order valence-corrected chi connectivity index (χ0v) is 25.5. The highest BCUT2D eigenvalue weighted by Gasteiger charge is 2.35. The van der Waals surface area contributed by atoms with Crippen molar-refractivity contribution >= 4 is 35.1 Å². The van der Waals surface area contributed by atoms with Crippen molar-refractivity contribution in [2.75, 3.05) is 5.32 Å². The SMILES string of the molecule is C[C@H]1Cc2cc(-c3cc(Cl)ccc3-n3cnnn3)cc(=O)n2[C@@H]1c1nc(-c2ccc(NC(=O)OC(C)(C)C)nc2F)c(Cl)[nH]1. The van der Waals surface area contributed by atoms with Gasteiger partial charge in [-0.05, 0) is 85.5 Å². The fourth-order valence-corrected chi connectivity index (χ4v) is 5.75. The second-order valence-electron chi connectivity index (χ2n) is 11.4. The number of carbonyl (C=O) groups is 1. The van der Waals surface area contributed by atoms with E-state index in [4.69, 9.17) is 27.9 Å². The van der Waals surface area contributed by atoms with Crippen molar-refractivity contribution in [2.45, 2.75) is 45.8 Å². The average molecular weight is 638 g/mol. The van der Waals surface area contributed by atoms with Crippen LogP contribution in [0.2, 0.25) is 10.2 Å². The van der Waals surface area contributed by atoms with E-state index in [9.17, 15) is 9.59 Å². The number of nitrogens with zero attached hydrogens (tertiary/aromatic N) is 7. The highest BCUT2D eigenvalue weighted by molar-refractivity contribution is 6.32. The van der Waals surface area contributed by atoms with Crippen LogP contribution in [0, 0.1) is 11.9 Å². The third kappa shape index (κ3) is 5.67. The molecule has 2 N–H and O–H groups in total. The number of imidazole rings is 1. The summed E-state index contributed by atoms with van der Waals surface area (Å²) in [5.74, 6) is -0.565. The van der Waals surface area contributed by atoms with Crippen LogP contribution in [0.1, 0.15) is 45.3 Å². The number of rotatable bonds is 5. The van der Waals surface area contributed by atoms with Gasteiger partial charge in [-0.3, -0.25) is 10.1 Å². The van der Waals surface area contributed by atoms with Gasteiger partial charge in [0.15, 0.2) is 0 Å². The Morgan fingerprint density at radius 3 is 2.61 bits per heavy atom. The minimum Gasteiger partial charge on any atom is -0.444 e. The maximum absolute atomic E-state index is 15.1. The second-order valence-corrected chi connectivity index (χ2v) is 12.2. The number of nitrogens with one attached hydrogen (secondary N) is 2. The largest absolute Gasteiger partial charge is 0.444 e. The van der Waals surface area contributed by atoms with E-state index >= 15 is 4.39 Å². The number of pyridine rings is 2. The number of aromatic amines is 1. The Labute approximate surface area is 260 Å². The minimum atomic E-state index is -0.889. The highest BCUT2D eigenvalue weighted by atomic mass is 35.5. The Bertz CT molecular complexity index is 1950. The number of amides is 1. The Balaban J connectivity index is 1.32. The van der Waals surface area contributed by atoms with Gasteiger partial charge in [-0.2, -0.15) is 9.07 Å². The van der Waals surface area contributed by atoms with E-state index in [0.717, 1.165) is 5.69 Å². The topological polar surface area (TPSA) is 146 Å². The van der Waals surface area contributed by atoms with Crippen LogP contribution in [0.3, 0.4) is 0 Å². The smallest absolute Gasteiger partial charge is 0.413 e.